The van der Waals surface area contributed by atoms with Crippen molar-refractivity contribution >= 4 is 34.4 Å². The Balaban J connectivity index is 1.45. The molecule has 0 aliphatic heterocycles. The SMILES string of the molecule is CNC(=O)Nc1ccccc1-c1ccc(CNC(=O)[C@@H](Cc2c[nH]c3ccccc23)NC(=O)CC(C)(C)NC[C@@H](C)O)cc1. The van der Waals surface area contributed by atoms with E-state index in [1.54, 1.807) is 14.0 Å². The van der Waals surface area contributed by atoms with Gasteiger partial charge in [0.15, 0.2) is 0 Å². The number of carbonyl (C=O) groups is 3. The number of urea groups is 1. The molecule has 1 heterocycles. The molecule has 0 bridgehead atoms. The third kappa shape index (κ3) is 8.92. The molecule has 0 radical (unpaired) electrons. The maximum atomic E-state index is 13.5. The van der Waals surface area contributed by atoms with Crippen LogP contribution in [0.4, 0.5) is 10.5 Å². The molecule has 0 aliphatic rings. The van der Waals surface area contributed by atoms with E-state index in [0.717, 1.165) is 33.2 Å². The minimum atomic E-state index is -0.795. The van der Waals surface area contributed by atoms with Gasteiger partial charge in [0, 0.05) is 61.2 Å². The summed E-state index contributed by atoms with van der Waals surface area (Å²) in [6, 6.07) is 22.0. The van der Waals surface area contributed by atoms with E-state index in [4.69, 9.17) is 0 Å². The zero-order chi connectivity index (χ0) is 31.7. The number of amides is 4. The number of benzene rings is 3. The Morgan fingerprint density at radius 2 is 1.66 bits per heavy atom. The lowest BCUT2D eigenvalue weighted by molar-refractivity contribution is -0.129. The van der Waals surface area contributed by atoms with Crippen LogP contribution in [-0.4, -0.2) is 59.2 Å². The molecule has 2 atom stereocenters. The molecule has 4 rings (SSSR count). The summed E-state index contributed by atoms with van der Waals surface area (Å²) in [6.07, 6.45) is 1.79. The second-order valence-corrected chi connectivity index (χ2v) is 11.6. The van der Waals surface area contributed by atoms with Crippen molar-refractivity contribution in [2.45, 2.75) is 57.8 Å². The van der Waals surface area contributed by atoms with E-state index in [9.17, 15) is 19.5 Å². The lowest BCUT2D eigenvalue weighted by Gasteiger charge is -2.28. The molecule has 1 aromatic heterocycles. The second kappa shape index (κ2) is 14.7. The van der Waals surface area contributed by atoms with Crippen LogP contribution >= 0.6 is 0 Å². The Kier molecular flexibility index (Phi) is 10.8. The van der Waals surface area contributed by atoms with Gasteiger partial charge in [-0.3, -0.25) is 9.59 Å². The number of aliphatic hydroxyl groups excluding tert-OH is 1. The maximum Gasteiger partial charge on any atom is 0.318 e. The fourth-order valence-corrected chi connectivity index (χ4v) is 5.01. The molecule has 4 amide bonds. The molecule has 10 heteroatoms. The summed E-state index contributed by atoms with van der Waals surface area (Å²) < 4.78 is 0. The molecule has 44 heavy (non-hydrogen) atoms. The first-order valence-corrected chi connectivity index (χ1v) is 14.8. The van der Waals surface area contributed by atoms with Crippen LogP contribution in [-0.2, 0) is 22.6 Å². The number of hydrogen-bond donors (Lipinski definition) is 7. The molecule has 0 fully saturated rings. The summed E-state index contributed by atoms with van der Waals surface area (Å²) in [5.74, 6) is -0.552. The van der Waals surface area contributed by atoms with Gasteiger partial charge in [0.25, 0.3) is 0 Å². The Morgan fingerprint density at radius 1 is 0.955 bits per heavy atom. The number of hydrogen-bond acceptors (Lipinski definition) is 5. The van der Waals surface area contributed by atoms with Crippen LogP contribution in [0.15, 0.2) is 79.0 Å². The van der Waals surface area contributed by atoms with Crippen molar-refractivity contribution in [3.8, 4) is 11.1 Å². The fourth-order valence-electron chi connectivity index (χ4n) is 5.01. The highest BCUT2D eigenvalue weighted by Crippen LogP contribution is 2.28. The smallest absolute Gasteiger partial charge is 0.318 e. The number of aromatic nitrogens is 1. The Labute approximate surface area is 258 Å². The van der Waals surface area contributed by atoms with E-state index in [2.05, 4.69) is 31.6 Å². The molecule has 0 saturated heterocycles. The van der Waals surface area contributed by atoms with Crippen LogP contribution in [0.1, 0.15) is 38.3 Å². The van der Waals surface area contributed by atoms with Gasteiger partial charge < -0.3 is 36.7 Å². The topological polar surface area (TPSA) is 147 Å². The number of rotatable bonds is 13. The fraction of sp³-hybridized carbons (Fsp3) is 0.324. The van der Waals surface area contributed by atoms with E-state index in [-0.39, 0.29) is 30.8 Å². The summed E-state index contributed by atoms with van der Waals surface area (Å²) in [5, 5.41) is 25.2. The highest BCUT2D eigenvalue weighted by atomic mass is 16.3. The van der Waals surface area contributed by atoms with Gasteiger partial charge in [0.2, 0.25) is 11.8 Å². The van der Waals surface area contributed by atoms with E-state index < -0.39 is 17.7 Å². The van der Waals surface area contributed by atoms with Crippen LogP contribution in [0, 0.1) is 0 Å². The lowest BCUT2D eigenvalue weighted by atomic mass is 9.98. The monoisotopic (exact) mass is 598 g/mol. The third-order valence-electron chi connectivity index (χ3n) is 7.36. The standard InChI is InChI=1S/C34H42N6O4/c1-22(41)19-38-34(2,3)18-31(42)39-30(17-25-21-36-28-11-7-5-10-27(25)28)32(43)37-20-23-13-15-24(16-14-23)26-9-6-8-12-29(26)40-33(44)35-4/h5-16,21-22,30,36,38,41H,17-20H2,1-4H3,(H,37,43)(H,39,42)(H2,35,40,44)/t22-,30-/m1/s1. The van der Waals surface area contributed by atoms with Gasteiger partial charge in [0.1, 0.15) is 6.04 Å². The number of fused-ring (bicyclic) bond motifs is 1. The summed E-state index contributed by atoms with van der Waals surface area (Å²) in [4.78, 5) is 41.8. The third-order valence-corrected chi connectivity index (χ3v) is 7.36. The first kappa shape index (κ1) is 32.2. The quantitative estimate of drug-likeness (QED) is 0.124. The summed E-state index contributed by atoms with van der Waals surface area (Å²) in [5.41, 5.74) is 4.69. The lowest BCUT2D eigenvalue weighted by Crippen LogP contribution is -2.51. The number of anilines is 1. The molecule has 0 unspecified atom stereocenters. The Hall–Kier alpha value is -4.67. The largest absolute Gasteiger partial charge is 0.392 e. The zero-order valence-corrected chi connectivity index (χ0v) is 25.7. The van der Waals surface area contributed by atoms with Gasteiger partial charge in [0.05, 0.1) is 11.8 Å². The number of H-pyrrole nitrogens is 1. The predicted octanol–water partition coefficient (Wildman–Crippen LogP) is 4.07. The first-order valence-electron chi connectivity index (χ1n) is 14.8. The highest BCUT2D eigenvalue weighted by Gasteiger charge is 2.27. The van der Waals surface area contributed by atoms with Crippen LogP contribution in [0.5, 0.6) is 0 Å². The van der Waals surface area contributed by atoms with Gasteiger partial charge in [-0.2, -0.15) is 0 Å². The molecule has 0 aliphatic carbocycles. The Morgan fingerprint density at radius 3 is 2.39 bits per heavy atom. The van der Waals surface area contributed by atoms with E-state index in [0.29, 0.717) is 18.7 Å². The van der Waals surface area contributed by atoms with Crippen LogP contribution in [0.3, 0.4) is 0 Å². The number of carbonyl (C=O) groups excluding carboxylic acids is 3. The molecule has 4 aromatic rings. The number of aromatic amines is 1. The molecular weight excluding hydrogens is 556 g/mol. The molecule has 232 valence electrons. The van der Waals surface area contributed by atoms with E-state index in [1.807, 2.05) is 92.8 Å². The van der Waals surface area contributed by atoms with Crippen LogP contribution in [0.25, 0.3) is 22.0 Å². The average Bonchev–Trinajstić information content (AvgIpc) is 3.41. The molecule has 0 spiro atoms. The van der Waals surface area contributed by atoms with Gasteiger partial charge in [-0.25, -0.2) is 4.79 Å². The minimum Gasteiger partial charge on any atom is -0.392 e. The number of para-hydroxylation sites is 2. The number of aliphatic hydroxyl groups is 1. The summed E-state index contributed by atoms with van der Waals surface area (Å²) >= 11 is 0. The summed E-state index contributed by atoms with van der Waals surface area (Å²) in [7, 11) is 1.56. The predicted molar refractivity (Wildman–Crippen MR) is 174 cm³/mol. The molecule has 0 saturated carbocycles. The number of nitrogens with one attached hydrogen (secondary N) is 6. The van der Waals surface area contributed by atoms with Gasteiger partial charge >= 0.3 is 6.03 Å². The molecule has 3 aromatic carbocycles. The maximum absolute atomic E-state index is 13.5. The molecule has 7 N–H and O–H groups in total. The Bertz CT molecular complexity index is 1580. The van der Waals surface area contributed by atoms with Crippen molar-refractivity contribution in [3.05, 3.63) is 90.1 Å². The van der Waals surface area contributed by atoms with Crippen LogP contribution in [0.2, 0.25) is 0 Å². The van der Waals surface area contributed by atoms with E-state index >= 15 is 0 Å². The normalized spacial score (nSPS) is 12.8. The molecular formula is C34H42N6O4. The van der Waals surface area contributed by atoms with Crippen molar-refractivity contribution in [2.75, 3.05) is 18.9 Å². The molecule has 10 nitrogen and oxygen atoms in total. The first-order chi connectivity index (χ1) is 21.0. The van der Waals surface area contributed by atoms with Gasteiger partial charge in [-0.15, -0.1) is 0 Å². The van der Waals surface area contributed by atoms with Crippen LogP contribution < -0.4 is 26.6 Å². The number of β-amino-alcohol motifs (C(OH)–C–C–N with tert-alkyl or cyclic N) is 1. The average molecular weight is 599 g/mol. The highest BCUT2D eigenvalue weighted by molar-refractivity contribution is 5.94. The van der Waals surface area contributed by atoms with Gasteiger partial charge in [-0.05, 0) is 49.6 Å². The van der Waals surface area contributed by atoms with Crippen molar-refractivity contribution < 1.29 is 19.5 Å². The minimum absolute atomic E-state index is 0.134. The second-order valence-electron chi connectivity index (χ2n) is 11.6. The van der Waals surface area contributed by atoms with E-state index in [1.165, 1.54) is 0 Å². The zero-order valence-electron chi connectivity index (χ0n) is 25.7. The van der Waals surface area contributed by atoms with Gasteiger partial charge in [-0.1, -0.05) is 60.7 Å². The van der Waals surface area contributed by atoms with Crippen molar-refractivity contribution in [2.24, 2.45) is 0 Å². The van der Waals surface area contributed by atoms with Crippen molar-refractivity contribution in [1.29, 1.82) is 0 Å². The van der Waals surface area contributed by atoms with Crippen molar-refractivity contribution in [1.82, 2.24) is 26.3 Å². The van der Waals surface area contributed by atoms with Crippen molar-refractivity contribution in [3.63, 3.8) is 0 Å². The summed E-state index contributed by atoms with van der Waals surface area (Å²) in [6.45, 7) is 6.09.